The minimum absolute atomic E-state index is 0.0296. The first-order valence-corrected chi connectivity index (χ1v) is 11.5. The van der Waals surface area contributed by atoms with E-state index in [9.17, 15) is 34.8 Å². The molecule has 0 radical (unpaired) electrons. The summed E-state index contributed by atoms with van der Waals surface area (Å²) < 4.78 is 4.95. The number of hydrogen-bond donors (Lipinski definition) is 6. The highest BCUT2D eigenvalue weighted by molar-refractivity contribution is 6.32. The Bertz CT molecular complexity index is 1240. The number of aliphatic hydroxyl groups is 3. The van der Waals surface area contributed by atoms with Gasteiger partial charge in [0.1, 0.15) is 22.2 Å². The van der Waals surface area contributed by atoms with Gasteiger partial charge >= 0.3 is 0 Å². The Labute approximate surface area is 211 Å². The number of pyridine rings is 1. The smallest absolute Gasteiger partial charge is 0.255 e. The highest BCUT2D eigenvalue weighted by Crippen LogP contribution is 2.53. The topological polar surface area (TPSA) is 196 Å². The quantitative estimate of drug-likeness (QED) is 0.170. The lowest BCUT2D eigenvalue weighted by atomic mass is 9.58. The zero-order chi connectivity index (χ0) is 26.7. The van der Waals surface area contributed by atoms with Gasteiger partial charge in [-0.15, -0.1) is 0 Å². The summed E-state index contributed by atoms with van der Waals surface area (Å²) in [4.78, 5) is 44.6. The standard InChI is InChI=1S/C23H27ClN4O8/c1-28(2)14-10-7-8-6-9-12(17(31)22(27-20(9)24)26-4-5-36-3)15(29)11(8)18(32)23(10,35)19(33)13(16(14)30)21(25)34/h8,10,14,30-32,35H,4-7H2,1-3H3,(H2,25,34)(H,26,27)/t8-,10-,14-,23-/m0/s1. The third-order valence-electron chi connectivity index (χ3n) is 7.14. The summed E-state index contributed by atoms with van der Waals surface area (Å²) in [5.74, 6) is -7.38. The molecule has 7 N–H and O–H groups in total. The predicted molar refractivity (Wildman–Crippen MR) is 127 cm³/mol. The minimum Gasteiger partial charge on any atom is -0.510 e. The number of fused-ring (bicyclic) bond motifs is 3. The van der Waals surface area contributed by atoms with Gasteiger partial charge in [0.05, 0.1) is 18.2 Å². The van der Waals surface area contributed by atoms with Crippen molar-refractivity contribution in [2.24, 2.45) is 17.6 Å². The van der Waals surface area contributed by atoms with E-state index < -0.39 is 63.8 Å². The van der Waals surface area contributed by atoms with Gasteiger partial charge in [-0.2, -0.15) is 0 Å². The Morgan fingerprint density at radius 3 is 2.56 bits per heavy atom. The molecule has 3 aliphatic carbocycles. The second-order valence-corrected chi connectivity index (χ2v) is 9.69. The number of ketones is 2. The molecule has 0 aromatic carbocycles. The highest BCUT2D eigenvalue weighted by Gasteiger charge is 2.63. The van der Waals surface area contributed by atoms with Gasteiger partial charge in [0.25, 0.3) is 5.91 Å². The van der Waals surface area contributed by atoms with E-state index in [2.05, 4.69) is 10.3 Å². The molecular weight excluding hydrogens is 496 g/mol. The fourth-order valence-electron chi connectivity index (χ4n) is 5.56. The Kier molecular flexibility index (Phi) is 6.50. The molecule has 3 aliphatic rings. The van der Waals surface area contributed by atoms with Gasteiger partial charge in [-0.25, -0.2) is 4.98 Å². The van der Waals surface area contributed by atoms with E-state index in [1.54, 1.807) is 14.1 Å². The first-order chi connectivity index (χ1) is 16.9. The summed E-state index contributed by atoms with van der Waals surface area (Å²) in [7, 11) is 4.61. The third kappa shape index (κ3) is 3.55. The number of hydrogen-bond acceptors (Lipinski definition) is 11. The number of methoxy groups -OCH3 is 1. The van der Waals surface area contributed by atoms with Crippen molar-refractivity contribution in [2.75, 3.05) is 39.7 Å². The minimum atomic E-state index is -2.70. The molecule has 0 fully saturated rings. The van der Waals surface area contributed by atoms with Crippen molar-refractivity contribution >= 4 is 34.9 Å². The van der Waals surface area contributed by atoms with Crippen LogP contribution in [0.5, 0.6) is 5.75 Å². The van der Waals surface area contributed by atoms with Crippen LogP contribution in [0.4, 0.5) is 5.82 Å². The number of primary amides is 1. The van der Waals surface area contributed by atoms with E-state index in [0.29, 0.717) is 0 Å². The van der Waals surface area contributed by atoms with Crippen molar-refractivity contribution in [1.82, 2.24) is 9.88 Å². The number of aromatic nitrogens is 1. The maximum absolute atomic E-state index is 13.6. The average Bonchev–Trinajstić information content (AvgIpc) is 2.79. The fourth-order valence-corrected chi connectivity index (χ4v) is 5.81. The molecule has 0 bridgehead atoms. The number of nitrogens with two attached hydrogens (primary N) is 1. The molecule has 12 nitrogen and oxygen atoms in total. The summed E-state index contributed by atoms with van der Waals surface area (Å²) in [5, 5.41) is 47.2. The number of nitrogens with zero attached hydrogens (tertiary/aromatic N) is 2. The molecule has 194 valence electrons. The van der Waals surface area contributed by atoms with Gasteiger partial charge < -0.3 is 36.2 Å². The number of amides is 1. The fraction of sp³-hybridized carbons (Fsp3) is 0.478. The Balaban J connectivity index is 1.89. The van der Waals surface area contributed by atoms with E-state index in [-0.39, 0.29) is 53.7 Å². The van der Waals surface area contributed by atoms with Crippen molar-refractivity contribution in [1.29, 1.82) is 0 Å². The first-order valence-electron chi connectivity index (χ1n) is 11.2. The zero-order valence-electron chi connectivity index (χ0n) is 19.8. The molecule has 0 saturated carbocycles. The van der Waals surface area contributed by atoms with Gasteiger partial charge in [0, 0.05) is 30.7 Å². The van der Waals surface area contributed by atoms with Crippen molar-refractivity contribution in [3.63, 3.8) is 0 Å². The average molecular weight is 523 g/mol. The van der Waals surface area contributed by atoms with Crippen LogP contribution in [-0.4, -0.2) is 93.8 Å². The van der Waals surface area contributed by atoms with Crippen molar-refractivity contribution in [3.05, 3.63) is 38.9 Å². The van der Waals surface area contributed by atoms with Crippen LogP contribution in [-0.2, 0) is 20.7 Å². The number of anilines is 1. The van der Waals surface area contributed by atoms with Crippen LogP contribution in [0.2, 0.25) is 5.15 Å². The molecule has 0 aliphatic heterocycles. The lowest BCUT2D eigenvalue weighted by Crippen LogP contribution is -2.63. The van der Waals surface area contributed by atoms with Gasteiger partial charge in [-0.3, -0.25) is 19.3 Å². The van der Waals surface area contributed by atoms with Crippen LogP contribution in [0.1, 0.15) is 22.3 Å². The lowest BCUT2D eigenvalue weighted by molar-refractivity contribution is -0.148. The highest BCUT2D eigenvalue weighted by atomic mass is 35.5. The van der Waals surface area contributed by atoms with Gasteiger partial charge in [-0.05, 0) is 32.9 Å². The van der Waals surface area contributed by atoms with E-state index in [0.717, 1.165) is 0 Å². The summed E-state index contributed by atoms with van der Waals surface area (Å²) in [6, 6.07) is -1.07. The number of aliphatic hydroxyl groups excluding tert-OH is 2. The molecule has 0 unspecified atom stereocenters. The molecule has 13 heteroatoms. The number of Topliss-reactive ketones (excluding diaryl/α,β-unsaturated/α-hetero) is 2. The second-order valence-electron chi connectivity index (χ2n) is 9.34. The monoisotopic (exact) mass is 522 g/mol. The Morgan fingerprint density at radius 1 is 1.31 bits per heavy atom. The van der Waals surface area contributed by atoms with E-state index in [1.807, 2.05) is 0 Å². The molecular formula is C23H27ClN4O8. The lowest BCUT2D eigenvalue weighted by Gasteiger charge is -2.50. The summed E-state index contributed by atoms with van der Waals surface area (Å²) in [5.41, 5.74) is 1.54. The molecule has 0 saturated heterocycles. The third-order valence-corrected chi connectivity index (χ3v) is 7.45. The number of halogens is 1. The molecule has 1 aromatic rings. The number of ether oxygens (including phenoxy) is 1. The number of allylic oxidation sites excluding steroid dienone is 1. The SMILES string of the molecule is COCCNc1nc(Cl)c2c(c1O)C(=O)C1=C(O)[C@]3(O)C(=O)C(C(N)=O)=C(O)[C@@H](N(C)C)[C@@H]3C[C@@H]1C2. The predicted octanol–water partition coefficient (Wildman–Crippen LogP) is 0.227. The normalized spacial score (nSPS) is 27.7. The summed E-state index contributed by atoms with van der Waals surface area (Å²) >= 11 is 6.37. The molecule has 1 aromatic heterocycles. The molecule has 36 heavy (non-hydrogen) atoms. The number of carbonyl (C=O) groups excluding carboxylic acids is 3. The van der Waals surface area contributed by atoms with Crippen molar-refractivity contribution in [3.8, 4) is 5.75 Å². The van der Waals surface area contributed by atoms with E-state index in [1.165, 1.54) is 12.0 Å². The van der Waals surface area contributed by atoms with Crippen LogP contribution in [0.15, 0.2) is 22.7 Å². The Hall–Kier alpha value is -3.19. The number of nitrogens with one attached hydrogen (secondary N) is 1. The summed E-state index contributed by atoms with van der Waals surface area (Å²) in [6.07, 6.45) is 0.0307. The van der Waals surface area contributed by atoms with Crippen LogP contribution >= 0.6 is 11.6 Å². The zero-order valence-corrected chi connectivity index (χ0v) is 20.6. The second kappa shape index (κ2) is 9.04. The van der Waals surface area contributed by atoms with Crippen LogP contribution in [0.3, 0.4) is 0 Å². The number of aromatic hydroxyl groups is 1. The van der Waals surface area contributed by atoms with Gasteiger partial charge in [-0.1, -0.05) is 11.6 Å². The van der Waals surface area contributed by atoms with Gasteiger partial charge in [0.15, 0.2) is 23.0 Å². The first kappa shape index (κ1) is 25.9. The number of carbonyl (C=O) groups is 3. The number of likely N-dealkylation sites (N-methyl/N-ethyl adjacent to an activating group) is 1. The molecule has 4 rings (SSSR count). The maximum atomic E-state index is 13.6. The molecule has 1 amide bonds. The molecule has 0 spiro atoms. The van der Waals surface area contributed by atoms with Crippen molar-refractivity contribution < 1.29 is 39.5 Å². The van der Waals surface area contributed by atoms with E-state index >= 15 is 0 Å². The van der Waals surface area contributed by atoms with Crippen LogP contribution < -0.4 is 11.1 Å². The van der Waals surface area contributed by atoms with Crippen LogP contribution in [0.25, 0.3) is 0 Å². The maximum Gasteiger partial charge on any atom is 0.255 e. The Morgan fingerprint density at radius 2 is 1.97 bits per heavy atom. The molecule has 1 heterocycles. The number of rotatable bonds is 6. The van der Waals surface area contributed by atoms with E-state index in [4.69, 9.17) is 22.1 Å². The van der Waals surface area contributed by atoms with Gasteiger partial charge in [0.2, 0.25) is 5.78 Å². The van der Waals surface area contributed by atoms with Crippen LogP contribution in [0, 0.1) is 11.8 Å². The van der Waals surface area contributed by atoms with Crippen molar-refractivity contribution in [2.45, 2.75) is 24.5 Å². The molecule has 4 atom stereocenters. The summed E-state index contributed by atoms with van der Waals surface area (Å²) in [6.45, 7) is 0.536. The largest absolute Gasteiger partial charge is 0.510 e.